The predicted molar refractivity (Wildman–Crippen MR) is 95.8 cm³/mol. The van der Waals surface area contributed by atoms with Crippen LogP contribution >= 0.6 is 0 Å². The summed E-state index contributed by atoms with van der Waals surface area (Å²) in [6, 6.07) is 0. The molecule has 2 rings (SSSR count). The number of nitrogens with one attached hydrogen (secondary N) is 1. The van der Waals surface area contributed by atoms with Gasteiger partial charge in [-0.25, -0.2) is 9.97 Å². The lowest BCUT2D eigenvalue weighted by molar-refractivity contribution is -0.107. The summed E-state index contributed by atoms with van der Waals surface area (Å²) in [5, 5.41) is 7.31. The third-order valence-electron chi connectivity index (χ3n) is 3.24. The first-order valence-corrected chi connectivity index (χ1v) is 7.81. The highest BCUT2D eigenvalue weighted by Gasteiger charge is 2.03. The van der Waals surface area contributed by atoms with Gasteiger partial charge in [-0.3, -0.25) is 4.68 Å². The topological polar surface area (TPSA) is 72.7 Å². The summed E-state index contributed by atoms with van der Waals surface area (Å²) in [5.74, 6) is 0.511. The van der Waals surface area contributed by atoms with Gasteiger partial charge in [-0.1, -0.05) is 30.9 Å². The summed E-state index contributed by atoms with van der Waals surface area (Å²) in [6.45, 7) is 6.56. The van der Waals surface area contributed by atoms with Crippen molar-refractivity contribution in [1.29, 1.82) is 0 Å². The van der Waals surface area contributed by atoms with Gasteiger partial charge in [0.15, 0.2) is 0 Å². The molecule has 0 saturated carbocycles. The third kappa shape index (κ3) is 5.01. The van der Waals surface area contributed by atoms with Gasteiger partial charge in [0, 0.05) is 37.1 Å². The quantitative estimate of drug-likeness (QED) is 0.434. The Morgan fingerprint density at radius 3 is 2.71 bits per heavy atom. The van der Waals surface area contributed by atoms with E-state index in [1.165, 1.54) is 0 Å². The van der Waals surface area contributed by atoms with Crippen molar-refractivity contribution in [2.45, 2.75) is 26.3 Å². The average Bonchev–Trinajstić information content (AvgIpc) is 3.06. The number of rotatable bonds is 9. The molecule has 0 radical (unpaired) electrons. The van der Waals surface area contributed by atoms with E-state index in [1.54, 1.807) is 24.7 Å². The maximum absolute atomic E-state index is 10.4. The maximum atomic E-state index is 10.4. The van der Waals surface area contributed by atoms with Crippen molar-refractivity contribution >= 4 is 23.5 Å². The van der Waals surface area contributed by atoms with Crippen LogP contribution in [-0.4, -0.2) is 26.0 Å². The zero-order valence-electron chi connectivity index (χ0n) is 13.7. The Morgan fingerprint density at radius 1 is 1.29 bits per heavy atom. The lowest BCUT2D eigenvalue weighted by Crippen LogP contribution is -1.97. The number of aromatic nitrogens is 4. The van der Waals surface area contributed by atoms with Crippen LogP contribution in [0.5, 0.6) is 0 Å². The molecule has 0 aliphatic rings. The molecule has 0 aliphatic heterocycles. The second-order valence-corrected chi connectivity index (χ2v) is 5.01. The number of carbonyl (C=O) groups excluding carboxylic acids is 1. The van der Waals surface area contributed by atoms with E-state index in [4.69, 9.17) is 0 Å². The molecule has 0 atom stereocenters. The van der Waals surface area contributed by atoms with Gasteiger partial charge >= 0.3 is 0 Å². The van der Waals surface area contributed by atoms with Crippen molar-refractivity contribution in [3.8, 4) is 0 Å². The highest BCUT2D eigenvalue weighted by atomic mass is 16.1. The number of carbonyl (C=O) groups is 1. The predicted octanol–water partition coefficient (Wildman–Crippen LogP) is 3.54. The summed E-state index contributed by atoms with van der Waals surface area (Å²) < 4.78 is 1.83. The molecule has 24 heavy (non-hydrogen) atoms. The SMILES string of the molecule is C=C/C=C(\C=C/CCC=O)c1cnc(Nc2cnn(CC)c2)nc1. The number of allylic oxidation sites excluding steroid dienone is 5. The van der Waals surface area contributed by atoms with E-state index in [2.05, 4.69) is 27.0 Å². The first kappa shape index (κ1) is 17.3. The molecule has 2 aromatic rings. The average molecular weight is 323 g/mol. The van der Waals surface area contributed by atoms with Crippen molar-refractivity contribution in [2.24, 2.45) is 0 Å². The molecule has 6 nitrogen and oxygen atoms in total. The van der Waals surface area contributed by atoms with Gasteiger partial charge in [0.2, 0.25) is 5.95 Å². The van der Waals surface area contributed by atoms with Gasteiger partial charge in [0.05, 0.1) is 11.9 Å². The fourth-order valence-electron chi connectivity index (χ4n) is 2.02. The van der Waals surface area contributed by atoms with E-state index < -0.39 is 0 Å². The molecule has 0 spiro atoms. The Morgan fingerprint density at radius 2 is 2.08 bits per heavy atom. The lowest BCUT2D eigenvalue weighted by Gasteiger charge is -2.04. The van der Waals surface area contributed by atoms with Crippen LogP contribution in [0, 0.1) is 0 Å². The van der Waals surface area contributed by atoms with Crippen LogP contribution in [0.2, 0.25) is 0 Å². The summed E-state index contributed by atoms with van der Waals surface area (Å²) >= 11 is 0. The monoisotopic (exact) mass is 323 g/mol. The van der Waals surface area contributed by atoms with E-state index in [1.807, 2.05) is 36.0 Å². The number of aryl methyl sites for hydroxylation is 1. The van der Waals surface area contributed by atoms with Crippen molar-refractivity contribution < 1.29 is 4.79 Å². The maximum Gasteiger partial charge on any atom is 0.227 e. The second-order valence-electron chi connectivity index (χ2n) is 5.01. The zero-order chi connectivity index (χ0) is 17.2. The molecule has 0 saturated heterocycles. The minimum absolute atomic E-state index is 0.511. The van der Waals surface area contributed by atoms with E-state index in [0.717, 1.165) is 29.7 Å². The summed E-state index contributed by atoms with van der Waals surface area (Å²) in [4.78, 5) is 19.0. The van der Waals surface area contributed by atoms with Gasteiger partial charge in [-0.2, -0.15) is 5.10 Å². The Labute approximate surface area is 141 Å². The van der Waals surface area contributed by atoms with Crippen LogP contribution in [0.15, 0.2) is 55.7 Å². The van der Waals surface area contributed by atoms with Crippen LogP contribution in [0.1, 0.15) is 25.3 Å². The molecule has 2 aromatic heterocycles. The zero-order valence-corrected chi connectivity index (χ0v) is 13.7. The summed E-state index contributed by atoms with van der Waals surface area (Å²) in [5.41, 5.74) is 2.67. The van der Waals surface area contributed by atoms with E-state index in [-0.39, 0.29) is 0 Å². The van der Waals surface area contributed by atoms with Gasteiger partial charge in [0.25, 0.3) is 0 Å². The molecule has 124 valence electrons. The Hall–Kier alpha value is -3.02. The molecular weight excluding hydrogens is 302 g/mol. The first-order valence-electron chi connectivity index (χ1n) is 7.81. The van der Waals surface area contributed by atoms with Gasteiger partial charge in [0.1, 0.15) is 6.29 Å². The molecule has 0 bridgehead atoms. The lowest BCUT2D eigenvalue weighted by atomic mass is 10.1. The molecule has 0 aliphatic carbocycles. The minimum Gasteiger partial charge on any atom is -0.321 e. The van der Waals surface area contributed by atoms with Crippen molar-refractivity contribution in [3.63, 3.8) is 0 Å². The summed E-state index contributed by atoms with van der Waals surface area (Å²) in [6.07, 6.45) is 16.8. The van der Waals surface area contributed by atoms with E-state index in [0.29, 0.717) is 18.8 Å². The van der Waals surface area contributed by atoms with Gasteiger partial charge < -0.3 is 10.1 Å². The molecular formula is C18H21N5O. The smallest absolute Gasteiger partial charge is 0.227 e. The second kappa shape index (κ2) is 9.19. The van der Waals surface area contributed by atoms with Crippen molar-refractivity contribution in [2.75, 3.05) is 5.32 Å². The summed E-state index contributed by atoms with van der Waals surface area (Å²) in [7, 11) is 0. The fraction of sp³-hybridized carbons (Fsp3) is 0.222. The standard InChI is InChI=1S/C18H21N5O/c1-3-8-15(9-6-5-7-10-24)16-11-19-18(20-12-16)22-17-13-21-23(4-2)14-17/h3,6,8-14H,1,4-5,7H2,2H3,(H,19,20,22)/b9-6-,15-8+. The van der Waals surface area contributed by atoms with Crippen LogP contribution < -0.4 is 5.32 Å². The van der Waals surface area contributed by atoms with Crippen molar-refractivity contribution in [1.82, 2.24) is 19.7 Å². The Bertz CT molecular complexity index is 728. The fourth-order valence-corrected chi connectivity index (χ4v) is 2.02. The van der Waals surface area contributed by atoms with E-state index in [9.17, 15) is 4.79 Å². The normalized spacial score (nSPS) is 11.6. The number of nitrogens with zero attached hydrogens (tertiary/aromatic N) is 4. The van der Waals surface area contributed by atoms with Crippen LogP contribution in [0.25, 0.3) is 5.57 Å². The number of anilines is 2. The molecule has 0 fully saturated rings. The van der Waals surface area contributed by atoms with Gasteiger partial charge in [-0.15, -0.1) is 0 Å². The van der Waals surface area contributed by atoms with E-state index >= 15 is 0 Å². The highest BCUT2D eigenvalue weighted by molar-refractivity contribution is 5.74. The van der Waals surface area contributed by atoms with Gasteiger partial charge in [-0.05, 0) is 18.9 Å². The number of hydrogen-bond acceptors (Lipinski definition) is 5. The molecule has 0 aromatic carbocycles. The minimum atomic E-state index is 0.511. The third-order valence-corrected chi connectivity index (χ3v) is 3.24. The molecule has 0 unspecified atom stereocenters. The number of unbranched alkanes of at least 4 members (excludes halogenated alkanes) is 1. The molecule has 0 amide bonds. The molecule has 1 N–H and O–H groups in total. The Kier molecular flexibility index (Phi) is 6.64. The number of aldehydes is 1. The van der Waals surface area contributed by atoms with Crippen LogP contribution in [0.4, 0.5) is 11.6 Å². The number of hydrogen-bond donors (Lipinski definition) is 1. The molecule has 2 heterocycles. The largest absolute Gasteiger partial charge is 0.321 e. The van der Waals surface area contributed by atoms with Crippen molar-refractivity contribution in [3.05, 3.63) is 61.2 Å². The van der Waals surface area contributed by atoms with Crippen LogP contribution in [0.3, 0.4) is 0 Å². The highest BCUT2D eigenvalue weighted by Crippen LogP contribution is 2.17. The van der Waals surface area contributed by atoms with Crippen LogP contribution in [-0.2, 0) is 11.3 Å². The Balaban J connectivity index is 2.08. The molecule has 6 heteroatoms. The first-order chi connectivity index (χ1) is 11.8.